The van der Waals surface area contributed by atoms with E-state index in [0.717, 1.165) is 21.8 Å². The van der Waals surface area contributed by atoms with Crippen LogP contribution in [0.5, 0.6) is 0 Å². The molecule has 0 radical (unpaired) electrons. The topological polar surface area (TPSA) is 100 Å². The molecule has 0 atom stereocenters. The molecule has 9 heteroatoms. The van der Waals surface area contributed by atoms with Crippen molar-refractivity contribution in [3.8, 4) is 0 Å². The fourth-order valence-electron chi connectivity index (χ4n) is 2.93. The zero-order valence-electron chi connectivity index (χ0n) is 15.2. The number of urea groups is 1. The number of carbonyl (C=O) groups is 2. The van der Waals surface area contributed by atoms with Crippen molar-refractivity contribution in [1.29, 1.82) is 0 Å². The number of hydrogen-bond acceptors (Lipinski definition) is 6. The molecule has 3 heterocycles. The number of hydrogen-bond donors (Lipinski definition) is 2. The van der Waals surface area contributed by atoms with Gasteiger partial charge in [0.05, 0.1) is 18.4 Å². The van der Waals surface area contributed by atoms with Crippen LogP contribution in [0.3, 0.4) is 0 Å². The summed E-state index contributed by atoms with van der Waals surface area (Å²) in [6.07, 6.45) is 5.02. The number of fused-ring (bicyclic) bond motifs is 1. The van der Waals surface area contributed by atoms with Gasteiger partial charge in [-0.1, -0.05) is 23.5 Å². The largest absolute Gasteiger partial charge is 0.322 e. The van der Waals surface area contributed by atoms with Crippen LogP contribution in [-0.4, -0.2) is 38.3 Å². The molecule has 1 aliphatic heterocycles. The SMILES string of the molecule is Cc1cccc(NC(=O)N2CCc3nc(NC(=O)c4cnccn4)sc3C2)c1. The summed E-state index contributed by atoms with van der Waals surface area (Å²) in [5.41, 5.74) is 3.01. The van der Waals surface area contributed by atoms with Gasteiger partial charge in [-0.05, 0) is 24.6 Å². The Labute approximate surface area is 165 Å². The number of carbonyl (C=O) groups excluding carboxylic acids is 2. The molecule has 3 aromatic rings. The van der Waals surface area contributed by atoms with Crippen LogP contribution in [0, 0.1) is 6.92 Å². The highest BCUT2D eigenvalue weighted by atomic mass is 32.1. The first-order chi connectivity index (χ1) is 13.6. The summed E-state index contributed by atoms with van der Waals surface area (Å²) in [7, 11) is 0. The number of aromatic nitrogens is 3. The van der Waals surface area contributed by atoms with E-state index in [2.05, 4.69) is 25.6 Å². The van der Waals surface area contributed by atoms with Gasteiger partial charge in [-0.3, -0.25) is 15.1 Å². The first kappa shape index (κ1) is 18.1. The number of amides is 3. The lowest BCUT2D eigenvalue weighted by molar-refractivity contribution is 0.102. The predicted molar refractivity (Wildman–Crippen MR) is 106 cm³/mol. The van der Waals surface area contributed by atoms with Crippen LogP contribution >= 0.6 is 11.3 Å². The third-order valence-electron chi connectivity index (χ3n) is 4.30. The molecule has 3 amide bonds. The molecule has 2 N–H and O–H groups in total. The molecular weight excluding hydrogens is 376 g/mol. The summed E-state index contributed by atoms with van der Waals surface area (Å²) < 4.78 is 0. The van der Waals surface area contributed by atoms with Gasteiger partial charge < -0.3 is 10.2 Å². The summed E-state index contributed by atoms with van der Waals surface area (Å²) in [6, 6.07) is 7.55. The molecule has 0 fully saturated rings. The lowest BCUT2D eigenvalue weighted by Crippen LogP contribution is -2.38. The van der Waals surface area contributed by atoms with Crippen LogP contribution in [0.2, 0.25) is 0 Å². The van der Waals surface area contributed by atoms with Crippen molar-refractivity contribution in [1.82, 2.24) is 19.9 Å². The van der Waals surface area contributed by atoms with E-state index in [9.17, 15) is 9.59 Å². The maximum atomic E-state index is 12.6. The minimum Gasteiger partial charge on any atom is -0.319 e. The fraction of sp³-hybridized carbons (Fsp3) is 0.211. The Balaban J connectivity index is 1.41. The van der Waals surface area contributed by atoms with E-state index in [1.165, 1.54) is 29.9 Å². The van der Waals surface area contributed by atoms with Crippen molar-refractivity contribution in [2.75, 3.05) is 17.2 Å². The summed E-state index contributed by atoms with van der Waals surface area (Å²) in [4.78, 5) is 39.9. The number of thiazole rings is 1. The number of nitrogens with zero attached hydrogens (tertiary/aromatic N) is 4. The summed E-state index contributed by atoms with van der Waals surface area (Å²) >= 11 is 1.38. The van der Waals surface area contributed by atoms with Crippen molar-refractivity contribution in [3.63, 3.8) is 0 Å². The Hall–Kier alpha value is -3.33. The number of rotatable bonds is 3. The second-order valence-electron chi connectivity index (χ2n) is 6.40. The van der Waals surface area contributed by atoms with E-state index < -0.39 is 0 Å². The molecule has 28 heavy (non-hydrogen) atoms. The first-order valence-corrected chi connectivity index (χ1v) is 9.58. The lowest BCUT2D eigenvalue weighted by Gasteiger charge is -2.26. The summed E-state index contributed by atoms with van der Waals surface area (Å²) in [6.45, 7) is 3.02. The molecule has 142 valence electrons. The Morgan fingerprint density at radius 1 is 1.21 bits per heavy atom. The molecule has 0 spiro atoms. The van der Waals surface area contributed by atoms with Crippen molar-refractivity contribution in [2.45, 2.75) is 19.9 Å². The first-order valence-electron chi connectivity index (χ1n) is 8.77. The van der Waals surface area contributed by atoms with E-state index in [1.54, 1.807) is 4.90 Å². The molecule has 0 aliphatic carbocycles. The van der Waals surface area contributed by atoms with Gasteiger partial charge in [0.15, 0.2) is 5.13 Å². The van der Waals surface area contributed by atoms with Crippen molar-refractivity contribution in [3.05, 3.63) is 64.7 Å². The van der Waals surface area contributed by atoms with E-state index >= 15 is 0 Å². The van der Waals surface area contributed by atoms with E-state index in [-0.39, 0.29) is 17.6 Å². The minimum atomic E-state index is -0.353. The highest BCUT2D eigenvalue weighted by Crippen LogP contribution is 2.29. The monoisotopic (exact) mass is 394 g/mol. The third kappa shape index (κ3) is 3.99. The predicted octanol–water partition coefficient (Wildman–Crippen LogP) is 3.08. The van der Waals surface area contributed by atoms with E-state index in [1.807, 2.05) is 31.2 Å². The highest BCUT2D eigenvalue weighted by Gasteiger charge is 2.25. The van der Waals surface area contributed by atoms with E-state index in [0.29, 0.717) is 24.6 Å². The number of nitrogens with one attached hydrogen (secondary N) is 2. The van der Waals surface area contributed by atoms with Crippen LogP contribution < -0.4 is 10.6 Å². The smallest absolute Gasteiger partial charge is 0.319 e. The van der Waals surface area contributed by atoms with Crippen LogP contribution in [0.1, 0.15) is 26.6 Å². The van der Waals surface area contributed by atoms with Crippen LogP contribution in [0.15, 0.2) is 42.9 Å². The molecular formula is C19H18N6O2S. The Morgan fingerprint density at radius 3 is 2.89 bits per heavy atom. The quantitative estimate of drug-likeness (QED) is 0.711. The standard InChI is InChI=1S/C19H18N6O2S/c1-12-3-2-4-13(9-12)22-19(27)25-8-5-14-16(11-25)28-18(23-14)24-17(26)15-10-20-6-7-21-15/h2-4,6-7,9-10H,5,8,11H2,1H3,(H,22,27)(H,23,24,26). The summed E-state index contributed by atoms with van der Waals surface area (Å²) in [5, 5.41) is 6.18. The maximum absolute atomic E-state index is 12.6. The molecule has 0 saturated carbocycles. The molecule has 0 saturated heterocycles. The van der Waals surface area contributed by atoms with Gasteiger partial charge in [-0.2, -0.15) is 0 Å². The molecule has 1 aromatic carbocycles. The fourth-order valence-corrected chi connectivity index (χ4v) is 3.94. The van der Waals surface area contributed by atoms with Crippen molar-refractivity contribution in [2.24, 2.45) is 0 Å². The maximum Gasteiger partial charge on any atom is 0.322 e. The molecule has 0 bridgehead atoms. The zero-order valence-corrected chi connectivity index (χ0v) is 16.0. The lowest BCUT2D eigenvalue weighted by atomic mass is 10.2. The van der Waals surface area contributed by atoms with Crippen LogP contribution in [0.25, 0.3) is 0 Å². The number of anilines is 2. The third-order valence-corrected chi connectivity index (χ3v) is 5.30. The highest BCUT2D eigenvalue weighted by molar-refractivity contribution is 7.15. The van der Waals surface area contributed by atoms with Crippen molar-refractivity contribution < 1.29 is 9.59 Å². The number of benzene rings is 1. The average Bonchev–Trinajstić information content (AvgIpc) is 3.10. The Kier molecular flexibility index (Phi) is 4.98. The molecule has 2 aromatic heterocycles. The van der Waals surface area contributed by atoms with Gasteiger partial charge in [0.1, 0.15) is 5.69 Å². The second kappa shape index (κ2) is 7.73. The molecule has 0 unspecified atom stereocenters. The van der Waals surface area contributed by atoms with Gasteiger partial charge in [-0.15, -0.1) is 0 Å². The zero-order chi connectivity index (χ0) is 19.5. The van der Waals surface area contributed by atoms with Crippen LogP contribution in [0.4, 0.5) is 15.6 Å². The Morgan fingerprint density at radius 2 is 2.11 bits per heavy atom. The van der Waals surface area contributed by atoms with Crippen molar-refractivity contribution >= 4 is 34.1 Å². The van der Waals surface area contributed by atoms with E-state index in [4.69, 9.17) is 0 Å². The normalized spacial score (nSPS) is 13.0. The average molecular weight is 394 g/mol. The minimum absolute atomic E-state index is 0.144. The van der Waals surface area contributed by atoms with Crippen LogP contribution in [-0.2, 0) is 13.0 Å². The molecule has 4 rings (SSSR count). The Bertz CT molecular complexity index is 1020. The van der Waals surface area contributed by atoms with Gasteiger partial charge in [0, 0.05) is 35.9 Å². The molecule has 8 nitrogen and oxygen atoms in total. The van der Waals surface area contributed by atoms with Gasteiger partial charge in [0.2, 0.25) is 0 Å². The van der Waals surface area contributed by atoms with Gasteiger partial charge in [-0.25, -0.2) is 14.8 Å². The van der Waals surface area contributed by atoms with Gasteiger partial charge in [0.25, 0.3) is 5.91 Å². The van der Waals surface area contributed by atoms with Gasteiger partial charge >= 0.3 is 6.03 Å². The summed E-state index contributed by atoms with van der Waals surface area (Å²) in [5.74, 6) is -0.353. The molecule has 1 aliphatic rings. The number of aryl methyl sites for hydroxylation is 1. The second-order valence-corrected chi connectivity index (χ2v) is 7.49.